The fraction of sp³-hybridized carbons (Fsp3) is 1.00. The SMILES string of the molecule is CCNCCOCCN(C)C(C)C.[HH]. The number of hydrogen-bond donors (Lipinski definition) is 1. The van der Waals surface area contributed by atoms with Gasteiger partial charge < -0.3 is 15.0 Å². The molecule has 0 saturated heterocycles. The maximum atomic E-state index is 5.45. The summed E-state index contributed by atoms with van der Waals surface area (Å²) in [4.78, 5) is 2.28. The second-order valence-corrected chi connectivity index (χ2v) is 3.54. The van der Waals surface area contributed by atoms with E-state index in [-0.39, 0.29) is 1.43 Å². The third-order valence-electron chi connectivity index (χ3n) is 2.14. The molecule has 0 bridgehead atoms. The van der Waals surface area contributed by atoms with Gasteiger partial charge in [-0.25, -0.2) is 0 Å². The third kappa shape index (κ3) is 8.22. The first-order valence-corrected chi connectivity index (χ1v) is 5.17. The molecule has 3 nitrogen and oxygen atoms in total. The molecule has 13 heavy (non-hydrogen) atoms. The molecule has 0 aliphatic heterocycles. The molecule has 0 aliphatic rings. The van der Waals surface area contributed by atoms with Crippen LogP contribution >= 0.6 is 0 Å². The molecule has 3 heteroatoms. The number of likely N-dealkylation sites (N-methyl/N-ethyl adjacent to an activating group) is 2. The third-order valence-corrected chi connectivity index (χ3v) is 2.14. The summed E-state index contributed by atoms with van der Waals surface area (Å²) in [6.45, 7) is 11.1. The van der Waals surface area contributed by atoms with Gasteiger partial charge in [-0.15, -0.1) is 0 Å². The van der Waals surface area contributed by atoms with Gasteiger partial charge in [0, 0.05) is 20.6 Å². The Hall–Kier alpha value is -0.120. The number of ether oxygens (including phenoxy) is 1. The molecule has 0 unspecified atom stereocenters. The molecule has 0 fully saturated rings. The summed E-state index contributed by atoms with van der Waals surface area (Å²) in [7, 11) is 2.12. The van der Waals surface area contributed by atoms with Crippen molar-refractivity contribution in [3.05, 3.63) is 0 Å². The Morgan fingerprint density at radius 2 is 2.08 bits per heavy atom. The molecule has 0 radical (unpaired) electrons. The Labute approximate surface area is 83.9 Å². The van der Waals surface area contributed by atoms with Crippen LogP contribution in [0.15, 0.2) is 0 Å². The van der Waals surface area contributed by atoms with Gasteiger partial charge in [0.05, 0.1) is 13.2 Å². The first-order chi connectivity index (χ1) is 6.18. The zero-order valence-corrected chi connectivity index (χ0v) is 9.47. The summed E-state index contributed by atoms with van der Waals surface area (Å²) in [5.41, 5.74) is 0. The normalized spacial score (nSPS) is 11.5. The highest BCUT2D eigenvalue weighted by Gasteiger charge is 2.01. The van der Waals surface area contributed by atoms with Crippen LogP contribution in [0.2, 0.25) is 0 Å². The molecule has 0 saturated carbocycles. The molecule has 0 aliphatic carbocycles. The highest BCUT2D eigenvalue weighted by Crippen LogP contribution is 1.91. The highest BCUT2D eigenvalue weighted by molar-refractivity contribution is 4.55. The Morgan fingerprint density at radius 3 is 2.62 bits per heavy atom. The van der Waals surface area contributed by atoms with Crippen molar-refractivity contribution in [2.24, 2.45) is 0 Å². The van der Waals surface area contributed by atoms with E-state index in [9.17, 15) is 0 Å². The van der Waals surface area contributed by atoms with E-state index in [1.54, 1.807) is 0 Å². The monoisotopic (exact) mass is 190 g/mol. The van der Waals surface area contributed by atoms with E-state index < -0.39 is 0 Å². The fourth-order valence-corrected chi connectivity index (χ4v) is 0.890. The smallest absolute Gasteiger partial charge is 0.0594 e. The maximum absolute atomic E-state index is 5.45. The average molecular weight is 190 g/mol. The maximum Gasteiger partial charge on any atom is 0.0594 e. The molecule has 0 amide bonds. The van der Waals surface area contributed by atoms with E-state index in [0.717, 1.165) is 32.8 Å². The molecule has 0 rings (SSSR count). The molecular formula is C10H26N2O. The number of rotatable bonds is 8. The molecule has 0 heterocycles. The fourth-order valence-electron chi connectivity index (χ4n) is 0.890. The van der Waals surface area contributed by atoms with Crippen LogP contribution in [0.4, 0.5) is 0 Å². The lowest BCUT2D eigenvalue weighted by atomic mass is 10.3. The van der Waals surface area contributed by atoms with Crippen LogP contribution in [0, 0.1) is 0 Å². The van der Waals surface area contributed by atoms with Crippen molar-refractivity contribution in [3.8, 4) is 0 Å². The number of hydrogen-bond acceptors (Lipinski definition) is 3. The van der Waals surface area contributed by atoms with Crippen LogP contribution in [0.5, 0.6) is 0 Å². The van der Waals surface area contributed by atoms with E-state index in [2.05, 4.69) is 38.0 Å². The first kappa shape index (κ1) is 12.9. The van der Waals surface area contributed by atoms with Crippen LogP contribution in [0.1, 0.15) is 22.2 Å². The molecule has 0 atom stereocenters. The summed E-state index contributed by atoms with van der Waals surface area (Å²) >= 11 is 0. The number of nitrogens with zero attached hydrogens (tertiary/aromatic N) is 1. The zero-order chi connectivity index (χ0) is 10.1. The largest absolute Gasteiger partial charge is 0.379 e. The van der Waals surface area contributed by atoms with Gasteiger partial charge in [0.1, 0.15) is 0 Å². The first-order valence-electron chi connectivity index (χ1n) is 5.17. The predicted molar refractivity (Wildman–Crippen MR) is 59.2 cm³/mol. The molecule has 0 spiro atoms. The van der Waals surface area contributed by atoms with Gasteiger partial charge in [0.25, 0.3) is 0 Å². The van der Waals surface area contributed by atoms with Crippen molar-refractivity contribution in [1.82, 2.24) is 10.2 Å². The molecule has 82 valence electrons. The second kappa shape index (κ2) is 8.48. The minimum Gasteiger partial charge on any atom is -0.379 e. The van der Waals surface area contributed by atoms with Crippen molar-refractivity contribution < 1.29 is 6.16 Å². The molecule has 0 aromatic heterocycles. The Balaban J connectivity index is 0. The van der Waals surface area contributed by atoms with Crippen molar-refractivity contribution in [2.75, 3.05) is 39.9 Å². The molecule has 0 aromatic rings. The van der Waals surface area contributed by atoms with Gasteiger partial charge in [-0.2, -0.15) is 0 Å². The van der Waals surface area contributed by atoms with Crippen LogP contribution in [-0.2, 0) is 4.74 Å². The minimum atomic E-state index is 0. The second-order valence-electron chi connectivity index (χ2n) is 3.54. The average Bonchev–Trinajstić information content (AvgIpc) is 2.10. The Bertz CT molecular complexity index is 112. The predicted octanol–water partition coefficient (Wildman–Crippen LogP) is 1.20. The lowest BCUT2D eigenvalue weighted by Crippen LogP contribution is -2.30. The molecule has 0 aromatic carbocycles. The van der Waals surface area contributed by atoms with Crippen LogP contribution in [0.3, 0.4) is 0 Å². The van der Waals surface area contributed by atoms with E-state index in [1.807, 2.05) is 0 Å². The van der Waals surface area contributed by atoms with Crippen molar-refractivity contribution in [3.63, 3.8) is 0 Å². The Morgan fingerprint density at radius 1 is 1.38 bits per heavy atom. The van der Waals surface area contributed by atoms with Crippen molar-refractivity contribution in [2.45, 2.75) is 26.8 Å². The quantitative estimate of drug-likeness (QED) is 0.582. The highest BCUT2D eigenvalue weighted by atomic mass is 16.5. The summed E-state index contributed by atoms with van der Waals surface area (Å²) in [6, 6.07) is 0.609. The lowest BCUT2D eigenvalue weighted by Gasteiger charge is -2.20. The van der Waals surface area contributed by atoms with E-state index in [4.69, 9.17) is 4.74 Å². The van der Waals surface area contributed by atoms with Crippen LogP contribution in [-0.4, -0.2) is 50.8 Å². The number of nitrogens with one attached hydrogen (secondary N) is 1. The molecule has 1 N–H and O–H groups in total. The summed E-state index contributed by atoms with van der Waals surface area (Å²) < 4.78 is 5.45. The molecular weight excluding hydrogens is 164 g/mol. The van der Waals surface area contributed by atoms with Crippen LogP contribution in [0.25, 0.3) is 0 Å². The zero-order valence-electron chi connectivity index (χ0n) is 9.47. The minimum absolute atomic E-state index is 0. The van der Waals surface area contributed by atoms with Gasteiger partial charge in [-0.05, 0) is 27.4 Å². The summed E-state index contributed by atoms with van der Waals surface area (Å²) in [5, 5.41) is 3.22. The van der Waals surface area contributed by atoms with Gasteiger partial charge >= 0.3 is 0 Å². The topological polar surface area (TPSA) is 24.5 Å². The Kier molecular flexibility index (Phi) is 8.40. The van der Waals surface area contributed by atoms with Crippen molar-refractivity contribution >= 4 is 0 Å². The van der Waals surface area contributed by atoms with Gasteiger partial charge in [0.15, 0.2) is 0 Å². The summed E-state index contributed by atoms with van der Waals surface area (Å²) in [6.07, 6.45) is 0. The van der Waals surface area contributed by atoms with E-state index in [0.29, 0.717) is 6.04 Å². The van der Waals surface area contributed by atoms with E-state index in [1.165, 1.54) is 0 Å². The summed E-state index contributed by atoms with van der Waals surface area (Å²) in [5.74, 6) is 0. The van der Waals surface area contributed by atoms with Crippen molar-refractivity contribution in [1.29, 1.82) is 0 Å². The van der Waals surface area contributed by atoms with Gasteiger partial charge in [-0.3, -0.25) is 0 Å². The van der Waals surface area contributed by atoms with Crippen LogP contribution < -0.4 is 5.32 Å². The van der Waals surface area contributed by atoms with E-state index >= 15 is 0 Å². The van der Waals surface area contributed by atoms with Gasteiger partial charge in [0.2, 0.25) is 0 Å². The lowest BCUT2D eigenvalue weighted by molar-refractivity contribution is 0.105. The standard InChI is InChI=1S/C10H24N2O.H2/c1-5-11-6-8-13-9-7-12(4)10(2)3;/h10-11H,5-9H2,1-4H3;1H. The van der Waals surface area contributed by atoms with Gasteiger partial charge in [-0.1, -0.05) is 6.92 Å².